The number of carbonyl (C=O) groups is 2. The van der Waals surface area contributed by atoms with E-state index in [2.05, 4.69) is 15.3 Å². The van der Waals surface area contributed by atoms with Gasteiger partial charge in [0, 0.05) is 25.2 Å². The summed E-state index contributed by atoms with van der Waals surface area (Å²) in [6.45, 7) is 4.28. The van der Waals surface area contributed by atoms with Gasteiger partial charge in [-0.25, -0.2) is 9.37 Å². The number of carbonyl (C=O) groups excluding carboxylic acids is 2. The van der Waals surface area contributed by atoms with Gasteiger partial charge in [0.05, 0.1) is 17.5 Å². The summed E-state index contributed by atoms with van der Waals surface area (Å²) >= 11 is 0. The van der Waals surface area contributed by atoms with Gasteiger partial charge in [-0.05, 0) is 51.0 Å². The number of benzene rings is 2. The largest absolute Gasteiger partial charge is 0.437 e. The molecule has 1 fully saturated rings. The summed E-state index contributed by atoms with van der Waals surface area (Å²) in [5.74, 6) is -0.431. The fraction of sp³-hybridized carbons (Fsp3) is 0.308. The van der Waals surface area contributed by atoms with Gasteiger partial charge >= 0.3 is 0 Å². The summed E-state index contributed by atoms with van der Waals surface area (Å²) < 4.78 is 19.8. The molecule has 0 bridgehead atoms. The van der Waals surface area contributed by atoms with Crippen LogP contribution in [0.15, 0.2) is 67.0 Å². The van der Waals surface area contributed by atoms with Crippen LogP contribution in [0.5, 0.6) is 11.6 Å². The van der Waals surface area contributed by atoms with Crippen molar-refractivity contribution >= 4 is 11.8 Å². The van der Waals surface area contributed by atoms with Crippen molar-refractivity contribution in [2.24, 2.45) is 0 Å². The fourth-order valence-corrected chi connectivity index (χ4v) is 4.07. The molecule has 34 heavy (non-hydrogen) atoms. The summed E-state index contributed by atoms with van der Waals surface area (Å²) in [6, 6.07) is 15.1. The second-order valence-corrected chi connectivity index (χ2v) is 8.85. The Morgan fingerprint density at radius 1 is 1.09 bits per heavy atom. The van der Waals surface area contributed by atoms with Crippen LogP contribution in [-0.2, 0) is 4.79 Å². The smallest absolute Gasteiger partial charge is 0.255 e. The second-order valence-electron chi connectivity index (χ2n) is 8.85. The molecule has 0 saturated carbocycles. The second kappa shape index (κ2) is 9.99. The number of aromatic nitrogens is 2. The average molecular weight is 463 g/mol. The summed E-state index contributed by atoms with van der Waals surface area (Å²) in [6.07, 6.45) is 4.90. The summed E-state index contributed by atoms with van der Waals surface area (Å²) in [4.78, 5) is 36.5. The Labute approximate surface area is 198 Å². The minimum Gasteiger partial charge on any atom is -0.437 e. The molecule has 0 spiro atoms. The maximum atomic E-state index is 14.0. The summed E-state index contributed by atoms with van der Waals surface area (Å²) in [7, 11) is 0. The molecule has 1 saturated heterocycles. The summed E-state index contributed by atoms with van der Waals surface area (Å²) in [5.41, 5.74) is -0.546. The minimum atomic E-state index is -1.20. The van der Waals surface area contributed by atoms with E-state index in [9.17, 15) is 14.0 Å². The van der Waals surface area contributed by atoms with Gasteiger partial charge in [0.1, 0.15) is 17.1 Å². The van der Waals surface area contributed by atoms with Crippen LogP contribution in [0.25, 0.3) is 0 Å². The number of likely N-dealkylation sites (tertiary alicyclic amines) is 1. The molecule has 2 amide bonds. The highest BCUT2D eigenvalue weighted by atomic mass is 19.1. The van der Waals surface area contributed by atoms with Crippen molar-refractivity contribution in [2.45, 2.75) is 38.1 Å². The fourth-order valence-electron chi connectivity index (χ4n) is 4.07. The number of para-hydroxylation sites is 1. The normalized spacial score (nSPS) is 16.1. The molecule has 3 aromatic rings. The molecule has 2 heterocycles. The Kier molecular flexibility index (Phi) is 6.86. The molecule has 1 aliphatic rings. The van der Waals surface area contributed by atoms with E-state index in [0.717, 1.165) is 18.5 Å². The number of nitrogens with one attached hydrogen (secondary N) is 1. The standard InChI is InChI=1S/C26H27FN4O3/c1-26(2,30-24(32)20-12-6-7-13-21(20)27)25(33)31-14-8-9-18(17-31)22-15-28-16-23(29-22)34-19-10-4-3-5-11-19/h3-7,10-13,15-16,18H,8-9,14,17H2,1-2H3,(H,30,32)/t18-/m1/s1. The van der Waals surface area contributed by atoms with Gasteiger partial charge in [0.2, 0.25) is 11.8 Å². The number of ether oxygens (including phenoxy) is 1. The zero-order chi connectivity index (χ0) is 24.1. The monoisotopic (exact) mass is 462 g/mol. The van der Waals surface area contributed by atoms with E-state index < -0.39 is 17.3 Å². The van der Waals surface area contributed by atoms with Crippen molar-refractivity contribution < 1.29 is 18.7 Å². The van der Waals surface area contributed by atoms with Crippen molar-refractivity contribution in [3.05, 3.63) is 84.1 Å². The van der Waals surface area contributed by atoms with Crippen LogP contribution in [0, 0.1) is 5.82 Å². The lowest BCUT2D eigenvalue weighted by atomic mass is 9.92. The molecule has 0 aliphatic carbocycles. The number of halogens is 1. The quantitative estimate of drug-likeness (QED) is 0.590. The highest BCUT2D eigenvalue weighted by molar-refractivity contribution is 5.99. The highest BCUT2D eigenvalue weighted by Gasteiger charge is 2.37. The third-order valence-corrected chi connectivity index (χ3v) is 5.80. The topological polar surface area (TPSA) is 84.4 Å². The van der Waals surface area contributed by atoms with Crippen LogP contribution in [0.1, 0.15) is 48.7 Å². The molecule has 7 nitrogen and oxygen atoms in total. The molecule has 1 aromatic heterocycles. The first-order valence-electron chi connectivity index (χ1n) is 11.2. The Morgan fingerprint density at radius 2 is 1.82 bits per heavy atom. The van der Waals surface area contributed by atoms with E-state index >= 15 is 0 Å². The van der Waals surface area contributed by atoms with Crippen LogP contribution < -0.4 is 10.1 Å². The van der Waals surface area contributed by atoms with Gasteiger partial charge in [-0.3, -0.25) is 14.6 Å². The van der Waals surface area contributed by atoms with E-state index in [-0.39, 0.29) is 17.4 Å². The first kappa shape index (κ1) is 23.4. The van der Waals surface area contributed by atoms with Crippen molar-refractivity contribution in [3.63, 3.8) is 0 Å². The van der Waals surface area contributed by atoms with E-state index in [1.165, 1.54) is 18.2 Å². The lowest BCUT2D eigenvalue weighted by molar-refractivity contribution is -0.138. The first-order chi connectivity index (χ1) is 16.3. The molecule has 0 radical (unpaired) electrons. The Balaban J connectivity index is 1.44. The minimum absolute atomic E-state index is 0.0115. The Morgan fingerprint density at radius 3 is 2.59 bits per heavy atom. The number of rotatable bonds is 6. The molecule has 8 heteroatoms. The van der Waals surface area contributed by atoms with Crippen molar-refractivity contribution in [2.75, 3.05) is 13.1 Å². The van der Waals surface area contributed by atoms with Crippen LogP contribution in [-0.4, -0.2) is 45.3 Å². The molecule has 176 valence electrons. The number of piperidine rings is 1. The lowest BCUT2D eigenvalue weighted by Gasteiger charge is -2.37. The maximum Gasteiger partial charge on any atom is 0.255 e. The zero-order valence-corrected chi connectivity index (χ0v) is 19.2. The predicted octanol–water partition coefficient (Wildman–Crippen LogP) is 4.32. The zero-order valence-electron chi connectivity index (χ0n) is 19.2. The van der Waals surface area contributed by atoms with E-state index in [4.69, 9.17) is 4.74 Å². The van der Waals surface area contributed by atoms with Crippen LogP contribution >= 0.6 is 0 Å². The molecule has 4 rings (SSSR count). The van der Waals surface area contributed by atoms with Crippen LogP contribution in [0.2, 0.25) is 0 Å². The van der Waals surface area contributed by atoms with Gasteiger partial charge in [0.25, 0.3) is 5.91 Å². The van der Waals surface area contributed by atoms with Crippen molar-refractivity contribution in [3.8, 4) is 11.6 Å². The first-order valence-corrected chi connectivity index (χ1v) is 11.2. The Bertz CT molecular complexity index is 1170. The molecule has 2 aromatic carbocycles. The highest BCUT2D eigenvalue weighted by Crippen LogP contribution is 2.28. The summed E-state index contributed by atoms with van der Waals surface area (Å²) in [5, 5.41) is 2.68. The van der Waals surface area contributed by atoms with Gasteiger partial charge in [-0.1, -0.05) is 30.3 Å². The predicted molar refractivity (Wildman–Crippen MR) is 125 cm³/mol. The molecule has 1 aliphatic heterocycles. The SMILES string of the molecule is CC(C)(NC(=O)c1ccccc1F)C(=O)N1CCC[C@@H](c2cncc(Oc3ccccc3)n2)C1. The third-order valence-electron chi connectivity index (χ3n) is 5.80. The average Bonchev–Trinajstić information content (AvgIpc) is 2.84. The Hall–Kier alpha value is -3.81. The van der Waals surface area contributed by atoms with Gasteiger partial charge < -0.3 is 15.0 Å². The molecular formula is C26H27FN4O3. The third kappa shape index (κ3) is 5.39. The van der Waals surface area contributed by atoms with Gasteiger partial charge in [-0.2, -0.15) is 0 Å². The van der Waals surface area contributed by atoms with Crippen molar-refractivity contribution in [1.82, 2.24) is 20.2 Å². The molecule has 1 N–H and O–H groups in total. The molecule has 1 atom stereocenters. The van der Waals surface area contributed by atoms with Gasteiger partial charge in [-0.15, -0.1) is 0 Å². The maximum absolute atomic E-state index is 14.0. The van der Waals surface area contributed by atoms with Gasteiger partial charge in [0.15, 0.2) is 0 Å². The lowest BCUT2D eigenvalue weighted by Crippen LogP contribution is -2.57. The van der Waals surface area contributed by atoms with E-state index in [1.807, 2.05) is 30.3 Å². The molecule has 0 unspecified atom stereocenters. The van der Waals surface area contributed by atoms with Crippen LogP contribution in [0.4, 0.5) is 4.39 Å². The number of amides is 2. The number of hydrogen-bond acceptors (Lipinski definition) is 5. The number of nitrogens with zero attached hydrogens (tertiary/aromatic N) is 3. The molecular weight excluding hydrogens is 435 g/mol. The van der Waals surface area contributed by atoms with Crippen molar-refractivity contribution in [1.29, 1.82) is 0 Å². The number of hydrogen-bond donors (Lipinski definition) is 1. The van der Waals surface area contributed by atoms with E-state index in [0.29, 0.717) is 24.7 Å². The van der Waals surface area contributed by atoms with E-state index in [1.54, 1.807) is 37.2 Å². The van der Waals surface area contributed by atoms with Crippen LogP contribution in [0.3, 0.4) is 0 Å².